The van der Waals surface area contributed by atoms with Crippen LogP contribution >= 0.6 is 24.0 Å². The smallest absolute Gasteiger partial charge is 0.173 e. The lowest BCUT2D eigenvalue weighted by atomic mass is 10.0. The van der Waals surface area contributed by atoms with Crippen molar-refractivity contribution < 1.29 is 4.42 Å². The van der Waals surface area contributed by atoms with Crippen LogP contribution in [0.5, 0.6) is 0 Å². The van der Waals surface area contributed by atoms with E-state index in [4.69, 9.17) is 16.0 Å². The summed E-state index contributed by atoms with van der Waals surface area (Å²) in [6.45, 7) is 4.35. The van der Waals surface area contributed by atoms with Gasteiger partial charge in [-0.3, -0.25) is 4.90 Å². The van der Waals surface area contributed by atoms with Crippen molar-refractivity contribution in [2.75, 3.05) is 33.2 Å². The Kier molecular flexibility index (Phi) is 6.49. The molecule has 1 fully saturated rings. The minimum absolute atomic E-state index is 0. The zero-order chi connectivity index (χ0) is 17.9. The van der Waals surface area contributed by atoms with Crippen LogP contribution in [-0.2, 0) is 6.54 Å². The number of rotatable bonds is 5. The molecule has 3 heterocycles. The summed E-state index contributed by atoms with van der Waals surface area (Å²) in [7, 11) is 2.14. The standard InChI is InChI=1S/C18H21ClN6O.ClH/c1-23-8-10-24(11-9-23)17(15-6-2-3-7-16(15)19)18-20-21-22-25(18)13-14-5-4-12-26-14;/h2-7,12,17H,8-11,13H2,1H3;1H. The molecule has 9 heteroatoms. The van der Waals surface area contributed by atoms with E-state index in [0.29, 0.717) is 6.54 Å². The summed E-state index contributed by atoms with van der Waals surface area (Å²) in [5.74, 6) is 1.59. The lowest BCUT2D eigenvalue weighted by Crippen LogP contribution is -2.46. The molecule has 1 saturated heterocycles. The normalized spacial score (nSPS) is 16.8. The van der Waals surface area contributed by atoms with Gasteiger partial charge in [-0.2, -0.15) is 0 Å². The molecule has 4 rings (SSSR count). The Morgan fingerprint density at radius 2 is 1.89 bits per heavy atom. The number of benzene rings is 1. The minimum atomic E-state index is -0.0950. The van der Waals surface area contributed by atoms with Crippen molar-refractivity contribution in [1.29, 1.82) is 0 Å². The van der Waals surface area contributed by atoms with Gasteiger partial charge < -0.3 is 9.32 Å². The third-order valence-corrected chi connectivity index (χ3v) is 5.14. The van der Waals surface area contributed by atoms with Crippen LogP contribution < -0.4 is 0 Å². The van der Waals surface area contributed by atoms with Crippen molar-refractivity contribution >= 4 is 24.0 Å². The molecule has 3 aromatic rings. The number of hydrogen-bond acceptors (Lipinski definition) is 6. The molecular weight excluding hydrogens is 387 g/mol. The predicted molar refractivity (Wildman–Crippen MR) is 105 cm³/mol. The van der Waals surface area contributed by atoms with Gasteiger partial charge >= 0.3 is 0 Å². The summed E-state index contributed by atoms with van der Waals surface area (Å²) >= 11 is 6.55. The zero-order valence-corrected chi connectivity index (χ0v) is 16.6. The summed E-state index contributed by atoms with van der Waals surface area (Å²) < 4.78 is 7.26. The van der Waals surface area contributed by atoms with E-state index < -0.39 is 0 Å². The largest absolute Gasteiger partial charge is 0.467 e. The van der Waals surface area contributed by atoms with Crippen molar-refractivity contribution in [3.05, 3.63) is 64.8 Å². The number of tetrazole rings is 1. The van der Waals surface area contributed by atoms with Crippen LogP contribution in [0, 0.1) is 0 Å². The molecule has 0 spiro atoms. The molecule has 0 amide bonds. The summed E-state index contributed by atoms with van der Waals surface area (Å²) in [4.78, 5) is 4.72. The Bertz CT molecular complexity index is 845. The molecule has 27 heavy (non-hydrogen) atoms. The van der Waals surface area contributed by atoms with Gasteiger partial charge in [0.1, 0.15) is 12.3 Å². The highest BCUT2D eigenvalue weighted by Crippen LogP contribution is 2.32. The maximum Gasteiger partial charge on any atom is 0.173 e. The number of likely N-dealkylation sites (N-methyl/N-ethyl adjacent to an activating group) is 1. The van der Waals surface area contributed by atoms with Crippen molar-refractivity contribution in [2.45, 2.75) is 12.6 Å². The van der Waals surface area contributed by atoms with Gasteiger partial charge in [0.25, 0.3) is 0 Å². The maximum atomic E-state index is 6.55. The Morgan fingerprint density at radius 3 is 2.59 bits per heavy atom. The van der Waals surface area contributed by atoms with Crippen LogP contribution in [0.1, 0.15) is 23.2 Å². The molecular formula is C18H22Cl2N6O. The molecule has 144 valence electrons. The third kappa shape index (κ3) is 4.32. The van der Waals surface area contributed by atoms with E-state index in [2.05, 4.69) is 38.4 Å². The van der Waals surface area contributed by atoms with Gasteiger partial charge in [0.2, 0.25) is 0 Å². The van der Waals surface area contributed by atoms with Crippen LogP contribution in [0.15, 0.2) is 47.1 Å². The molecule has 1 aliphatic rings. The van der Waals surface area contributed by atoms with E-state index in [-0.39, 0.29) is 18.4 Å². The SMILES string of the molecule is CN1CCN(C(c2ccccc2Cl)c2nnnn2Cc2ccco2)CC1.Cl. The highest BCUT2D eigenvalue weighted by molar-refractivity contribution is 6.31. The topological polar surface area (TPSA) is 63.2 Å². The fraction of sp³-hybridized carbons (Fsp3) is 0.389. The Labute approximate surface area is 169 Å². The molecule has 1 aliphatic heterocycles. The molecule has 0 bridgehead atoms. The van der Waals surface area contributed by atoms with Crippen LogP contribution in [0.4, 0.5) is 0 Å². The van der Waals surface area contributed by atoms with E-state index >= 15 is 0 Å². The summed E-state index contributed by atoms with van der Waals surface area (Å²) in [6.07, 6.45) is 1.66. The first-order valence-corrected chi connectivity index (χ1v) is 9.05. The van der Waals surface area contributed by atoms with Crippen molar-refractivity contribution in [2.24, 2.45) is 0 Å². The molecule has 0 aliphatic carbocycles. The molecule has 2 aromatic heterocycles. The molecule has 1 aromatic carbocycles. The zero-order valence-electron chi connectivity index (χ0n) is 15.0. The second-order valence-corrected chi connectivity index (χ2v) is 6.94. The number of aromatic nitrogens is 4. The van der Waals surface area contributed by atoms with Gasteiger partial charge in [-0.05, 0) is 41.2 Å². The number of piperazine rings is 1. The molecule has 0 N–H and O–H groups in total. The maximum absolute atomic E-state index is 6.55. The summed E-state index contributed by atoms with van der Waals surface area (Å²) in [6, 6.07) is 11.6. The molecule has 1 atom stereocenters. The first-order valence-electron chi connectivity index (χ1n) is 8.68. The Morgan fingerprint density at radius 1 is 1.11 bits per heavy atom. The molecule has 0 saturated carbocycles. The average molecular weight is 409 g/mol. The quantitative estimate of drug-likeness (QED) is 0.646. The molecule has 7 nitrogen and oxygen atoms in total. The molecule has 0 radical (unpaired) electrons. The fourth-order valence-electron chi connectivity index (χ4n) is 3.35. The summed E-state index contributed by atoms with van der Waals surface area (Å²) in [5.41, 5.74) is 1.02. The predicted octanol–water partition coefficient (Wildman–Crippen LogP) is 2.73. The number of hydrogen-bond donors (Lipinski definition) is 0. The lowest BCUT2D eigenvalue weighted by molar-refractivity contribution is 0.121. The number of furan rings is 1. The van der Waals surface area contributed by atoms with E-state index in [1.165, 1.54) is 0 Å². The van der Waals surface area contributed by atoms with E-state index in [1.54, 1.807) is 10.9 Å². The van der Waals surface area contributed by atoms with E-state index in [0.717, 1.165) is 48.3 Å². The average Bonchev–Trinajstić information content (AvgIpc) is 3.31. The van der Waals surface area contributed by atoms with E-state index in [1.807, 2.05) is 30.3 Å². The highest BCUT2D eigenvalue weighted by atomic mass is 35.5. The Balaban J connectivity index is 0.00000210. The lowest BCUT2D eigenvalue weighted by Gasteiger charge is -2.37. The summed E-state index contributed by atoms with van der Waals surface area (Å²) in [5, 5.41) is 13.2. The van der Waals surface area contributed by atoms with Crippen molar-refractivity contribution in [1.82, 2.24) is 30.0 Å². The van der Waals surface area contributed by atoms with Gasteiger partial charge in [-0.1, -0.05) is 29.8 Å². The van der Waals surface area contributed by atoms with Crippen molar-refractivity contribution in [3.63, 3.8) is 0 Å². The van der Waals surface area contributed by atoms with Crippen LogP contribution in [0.3, 0.4) is 0 Å². The molecule has 1 unspecified atom stereocenters. The van der Waals surface area contributed by atoms with Crippen LogP contribution in [0.2, 0.25) is 5.02 Å². The second-order valence-electron chi connectivity index (χ2n) is 6.54. The van der Waals surface area contributed by atoms with Gasteiger partial charge in [-0.15, -0.1) is 17.5 Å². The van der Waals surface area contributed by atoms with Gasteiger partial charge in [0, 0.05) is 31.2 Å². The first kappa shape index (κ1) is 19.8. The van der Waals surface area contributed by atoms with Crippen LogP contribution in [-0.4, -0.2) is 63.2 Å². The second kappa shape index (κ2) is 8.84. The number of halogens is 2. The Hall–Kier alpha value is -1.93. The van der Waals surface area contributed by atoms with Gasteiger partial charge in [0.05, 0.1) is 12.3 Å². The monoisotopic (exact) mass is 408 g/mol. The highest BCUT2D eigenvalue weighted by Gasteiger charge is 2.31. The van der Waals surface area contributed by atoms with E-state index in [9.17, 15) is 0 Å². The fourth-order valence-corrected chi connectivity index (χ4v) is 3.59. The van der Waals surface area contributed by atoms with Crippen LogP contribution in [0.25, 0.3) is 0 Å². The third-order valence-electron chi connectivity index (χ3n) is 4.79. The first-order chi connectivity index (χ1) is 12.7. The van der Waals surface area contributed by atoms with Gasteiger partial charge in [-0.25, -0.2) is 4.68 Å². The number of nitrogens with zero attached hydrogens (tertiary/aromatic N) is 6. The van der Waals surface area contributed by atoms with Gasteiger partial charge in [0.15, 0.2) is 5.82 Å². The minimum Gasteiger partial charge on any atom is -0.467 e. The van der Waals surface area contributed by atoms with Crippen molar-refractivity contribution in [3.8, 4) is 0 Å².